The third kappa shape index (κ3) is 4.61. The molecule has 2 aromatic rings. The number of hydrogen-bond acceptors (Lipinski definition) is 6. The van der Waals surface area contributed by atoms with Gasteiger partial charge in [0.15, 0.2) is 0 Å². The number of carbonyl (C=O) groups is 2. The summed E-state index contributed by atoms with van der Waals surface area (Å²) in [5, 5.41) is 3.10. The average Bonchev–Trinajstić information content (AvgIpc) is 2.68. The van der Waals surface area contributed by atoms with Crippen molar-refractivity contribution in [1.29, 1.82) is 0 Å². The zero-order valence-corrected chi connectivity index (χ0v) is 15.6. The molecule has 1 atom stereocenters. The molecule has 1 aromatic carbocycles. The Morgan fingerprint density at radius 3 is 2.89 bits per heavy atom. The highest BCUT2D eigenvalue weighted by molar-refractivity contribution is 5.97. The minimum absolute atomic E-state index is 0.0920. The van der Waals surface area contributed by atoms with Crippen molar-refractivity contribution < 1.29 is 14.3 Å². The summed E-state index contributed by atoms with van der Waals surface area (Å²) in [4.78, 5) is 35.0. The molecule has 0 saturated carbocycles. The van der Waals surface area contributed by atoms with E-state index in [-0.39, 0.29) is 5.91 Å². The standard InChI is InChI=1S/C20H24N4O3/c1-3-27-20(26)15-8-4-5-9-16(15)23-18-11-17(21-13-22-18)19(25)24-10-6-7-14(2)12-24/h4-5,8-9,11,13-14H,3,6-7,10,12H2,1-2H3,(H,21,22,23). The second-order valence-corrected chi connectivity index (χ2v) is 6.68. The number of piperidine rings is 1. The number of amides is 1. The van der Waals surface area contributed by atoms with Crippen LogP contribution in [0, 0.1) is 5.92 Å². The van der Waals surface area contributed by atoms with Crippen LogP contribution in [-0.4, -0.2) is 46.4 Å². The number of rotatable bonds is 5. The predicted octanol–water partition coefficient (Wildman–Crippen LogP) is 3.27. The topological polar surface area (TPSA) is 84.4 Å². The third-order valence-electron chi connectivity index (χ3n) is 4.52. The van der Waals surface area contributed by atoms with E-state index in [1.807, 2.05) is 11.0 Å². The first kappa shape index (κ1) is 18.8. The van der Waals surface area contributed by atoms with Crippen LogP contribution in [0.5, 0.6) is 0 Å². The van der Waals surface area contributed by atoms with Crippen molar-refractivity contribution in [3.8, 4) is 0 Å². The Bertz CT molecular complexity index is 824. The number of nitrogens with zero attached hydrogens (tertiary/aromatic N) is 3. The van der Waals surface area contributed by atoms with Crippen LogP contribution in [-0.2, 0) is 4.74 Å². The van der Waals surface area contributed by atoms with Gasteiger partial charge in [0, 0.05) is 19.2 Å². The van der Waals surface area contributed by atoms with Gasteiger partial charge in [0.2, 0.25) is 0 Å². The highest BCUT2D eigenvalue weighted by Crippen LogP contribution is 2.22. The van der Waals surface area contributed by atoms with E-state index in [1.54, 1.807) is 31.2 Å². The maximum atomic E-state index is 12.7. The molecule has 2 heterocycles. The fourth-order valence-corrected chi connectivity index (χ4v) is 3.20. The molecule has 1 aliphatic rings. The SMILES string of the molecule is CCOC(=O)c1ccccc1Nc1cc(C(=O)N2CCCC(C)C2)ncn1. The Labute approximate surface area is 158 Å². The summed E-state index contributed by atoms with van der Waals surface area (Å²) in [7, 11) is 0. The maximum Gasteiger partial charge on any atom is 0.340 e. The molecule has 0 bridgehead atoms. The van der Waals surface area contributed by atoms with E-state index in [0.717, 1.165) is 25.9 Å². The smallest absolute Gasteiger partial charge is 0.340 e. The summed E-state index contributed by atoms with van der Waals surface area (Å²) in [6.07, 6.45) is 3.51. The lowest BCUT2D eigenvalue weighted by molar-refractivity contribution is 0.0527. The molecule has 142 valence electrons. The quantitative estimate of drug-likeness (QED) is 0.816. The van der Waals surface area contributed by atoms with Crippen LogP contribution in [0.1, 0.15) is 47.5 Å². The second kappa shape index (κ2) is 8.62. The zero-order chi connectivity index (χ0) is 19.2. The molecule has 7 nitrogen and oxygen atoms in total. The van der Waals surface area contributed by atoms with E-state index in [9.17, 15) is 9.59 Å². The Morgan fingerprint density at radius 1 is 1.30 bits per heavy atom. The first-order chi connectivity index (χ1) is 13.1. The number of ether oxygens (including phenoxy) is 1. The molecule has 0 aliphatic carbocycles. The molecule has 3 rings (SSSR count). The fraction of sp³-hybridized carbons (Fsp3) is 0.400. The number of benzene rings is 1. The van der Waals surface area contributed by atoms with Crippen LogP contribution >= 0.6 is 0 Å². The highest BCUT2D eigenvalue weighted by atomic mass is 16.5. The molecule has 1 saturated heterocycles. The van der Waals surface area contributed by atoms with Crippen LogP contribution in [0.2, 0.25) is 0 Å². The van der Waals surface area contributed by atoms with Crippen molar-refractivity contribution in [2.45, 2.75) is 26.7 Å². The van der Waals surface area contributed by atoms with Gasteiger partial charge in [-0.25, -0.2) is 14.8 Å². The van der Waals surface area contributed by atoms with E-state index >= 15 is 0 Å². The Balaban J connectivity index is 1.79. The average molecular weight is 368 g/mol. The number of para-hydroxylation sites is 1. The van der Waals surface area contributed by atoms with E-state index in [2.05, 4.69) is 22.2 Å². The molecular weight excluding hydrogens is 344 g/mol. The number of nitrogens with one attached hydrogen (secondary N) is 1. The molecule has 27 heavy (non-hydrogen) atoms. The molecule has 1 fully saturated rings. The van der Waals surface area contributed by atoms with E-state index in [1.165, 1.54) is 6.33 Å². The van der Waals surface area contributed by atoms with Crippen LogP contribution < -0.4 is 5.32 Å². The number of esters is 1. The molecule has 1 unspecified atom stereocenters. The normalized spacial score (nSPS) is 16.7. The molecule has 0 radical (unpaired) electrons. The van der Waals surface area contributed by atoms with Crippen molar-refractivity contribution in [2.24, 2.45) is 5.92 Å². The molecule has 1 aromatic heterocycles. The minimum Gasteiger partial charge on any atom is -0.462 e. The lowest BCUT2D eigenvalue weighted by atomic mass is 10.00. The first-order valence-corrected chi connectivity index (χ1v) is 9.23. The number of aromatic nitrogens is 2. The van der Waals surface area contributed by atoms with Crippen LogP contribution in [0.15, 0.2) is 36.7 Å². The van der Waals surface area contributed by atoms with Crippen molar-refractivity contribution in [2.75, 3.05) is 25.0 Å². The van der Waals surface area contributed by atoms with Gasteiger partial charge in [0.05, 0.1) is 17.9 Å². The van der Waals surface area contributed by atoms with Gasteiger partial charge in [-0.15, -0.1) is 0 Å². The summed E-state index contributed by atoms with van der Waals surface area (Å²) in [6, 6.07) is 8.64. The van der Waals surface area contributed by atoms with Gasteiger partial charge in [0.25, 0.3) is 5.91 Å². The summed E-state index contributed by atoms with van der Waals surface area (Å²) >= 11 is 0. The highest BCUT2D eigenvalue weighted by Gasteiger charge is 2.23. The summed E-state index contributed by atoms with van der Waals surface area (Å²) in [5.74, 6) is 0.452. The largest absolute Gasteiger partial charge is 0.462 e. The van der Waals surface area contributed by atoms with E-state index in [0.29, 0.717) is 35.3 Å². The monoisotopic (exact) mass is 368 g/mol. The molecule has 0 spiro atoms. The van der Waals surface area contributed by atoms with Crippen molar-refractivity contribution >= 4 is 23.4 Å². The molecule has 1 aliphatic heterocycles. The van der Waals surface area contributed by atoms with Gasteiger partial charge < -0.3 is 15.0 Å². The lowest BCUT2D eigenvalue weighted by Crippen LogP contribution is -2.39. The van der Waals surface area contributed by atoms with Crippen LogP contribution in [0.25, 0.3) is 0 Å². The van der Waals surface area contributed by atoms with Gasteiger partial charge in [-0.05, 0) is 37.8 Å². The van der Waals surface area contributed by atoms with Crippen molar-refractivity contribution in [3.63, 3.8) is 0 Å². The lowest BCUT2D eigenvalue weighted by Gasteiger charge is -2.30. The fourth-order valence-electron chi connectivity index (χ4n) is 3.20. The van der Waals surface area contributed by atoms with Crippen molar-refractivity contribution in [1.82, 2.24) is 14.9 Å². The number of carbonyl (C=O) groups excluding carboxylic acids is 2. The third-order valence-corrected chi connectivity index (χ3v) is 4.52. The summed E-state index contributed by atoms with van der Waals surface area (Å²) in [5.41, 5.74) is 1.32. The van der Waals surface area contributed by atoms with Crippen LogP contribution in [0.3, 0.4) is 0 Å². The first-order valence-electron chi connectivity index (χ1n) is 9.23. The molecule has 1 N–H and O–H groups in total. The van der Waals surface area contributed by atoms with Crippen LogP contribution in [0.4, 0.5) is 11.5 Å². The second-order valence-electron chi connectivity index (χ2n) is 6.68. The van der Waals surface area contributed by atoms with Gasteiger partial charge in [-0.3, -0.25) is 4.79 Å². The van der Waals surface area contributed by atoms with Gasteiger partial charge in [0.1, 0.15) is 17.8 Å². The summed E-state index contributed by atoms with van der Waals surface area (Å²) in [6.45, 7) is 5.71. The van der Waals surface area contributed by atoms with E-state index in [4.69, 9.17) is 4.74 Å². The minimum atomic E-state index is -0.409. The summed E-state index contributed by atoms with van der Waals surface area (Å²) < 4.78 is 5.09. The van der Waals surface area contributed by atoms with Gasteiger partial charge >= 0.3 is 5.97 Å². The Hall–Kier alpha value is -2.96. The molecule has 1 amide bonds. The molecule has 7 heteroatoms. The maximum absolute atomic E-state index is 12.7. The van der Waals surface area contributed by atoms with Gasteiger partial charge in [-0.2, -0.15) is 0 Å². The number of anilines is 2. The van der Waals surface area contributed by atoms with Crippen molar-refractivity contribution in [3.05, 3.63) is 47.9 Å². The Kier molecular flexibility index (Phi) is 6.01. The predicted molar refractivity (Wildman–Crippen MR) is 102 cm³/mol. The molecular formula is C20H24N4O3. The zero-order valence-electron chi connectivity index (χ0n) is 15.6. The van der Waals surface area contributed by atoms with E-state index < -0.39 is 5.97 Å². The Morgan fingerprint density at radius 2 is 2.11 bits per heavy atom. The number of likely N-dealkylation sites (tertiary alicyclic amines) is 1. The van der Waals surface area contributed by atoms with Gasteiger partial charge in [-0.1, -0.05) is 19.1 Å². The number of hydrogen-bond donors (Lipinski definition) is 1.